The van der Waals surface area contributed by atoms with Crippen molar-refractivity contribution in [2.75, 3.05) is 0 Å². The second-order valence-electron chi connectivity index (χ2n) is 3.99. The molecule has 1 aromatic rings. The summed E-state index contributed by atoms with van der Waals surface area (Å²) in [6, 6.07) is 3.39. The second kappa shape index (κ2) is 3.40. The zero-order chi connectivity index (χ0) is 10.1. The molecule has 0 aliphatic heterocycles. The van der Waals surface area contributed by atoms with Gasteiger partial charge in [0.1, 0.15) is 5.69 Å². The lowest BCUT2D eigenvalue weighted by Gasteiger charge is -2.21. The van der Waals surface area contributed by atoms with E-state index in [9.17, 15) is 8.78 Å². The number of aromatic nitrogens is 1. The maximum Gasteiger partial charge on any atom is 0.280 e. The fraction of sp³-hybridized carbons (Fsp3) is 0.500. The smallest absolute Gasteiger partial charge is 0.255 e. The highest BCUT2D eigenvalue weighted by molar-refractivity contribution is 5.27. The van der Waals surface area contributed by atoms with E-state index in [2.05, 4.69) is 4.98 Å². The predicted molar refractivity (Wildman–Crippen MR) is 47.9 cm³/mol. The molecule has 3 heteroatoms. The van der Waals surface area contributed by atoms with Crippen molar-refractivity contribution in [2.24, 2.45) is 0 Å². The number of hydrogen-bond donors (Lipinski definition) is 0. The summed E-state index contributed by atoms with van der Waals surface area (Å²) in [7, 11) is 0. The van der Waals surface area contributed by atoms with Gasteiger partial charge in [0.2, 0.25) is 0 Å². The molecule has 0 saturated heterocycles. The highest BCUT2D eigenvalue weighted by atomic mass is 19.3. The summed E-state index contributed by atoms with van der Waals surface area (Å²) in [4.78, 5) is 3.69. The van der Waals surface area contributed by atoms with Crippen LogP contribution < -0.4 is 0 Å². The quantitative estimate of drug-likeness (QED) is 0.654. The molecule has 1 rings (SSSR count). The van der Waals surface area contributed by atoms with Gasteiger partial charge in [-0.05, 0) is 17.0 Å². The molecular formula is C10H13F2N. The van der Waals surface area contributed by atoms with Crippen LogP contribution >= 0.6 is 0 Å². The maximum absolute atomic E-state index is 12.5. The lowest BCUT2D eigenvalue weighted by atomic mass is 9.86. The van der Waals surface area contributed by atoms with E-state index < -0.39 is 6.43 Å². The van der Waals surface area contributed by atoms with E-state index in [0.717, 1.165) is 0 Å². The Labute approximate surface area is 76.8 Å². The maximum atomic E-state index is 12.5. The fourth-order valence-electron chi connectivity index (χ4n) is 1.23. The average molecular weight is 185 g/mol. The largest absolute Gasteiger partial charge is 0.280 e. The van der Waals surface area contributed by atoms with Crippen LogP contribution in [0.1, 0.15) is 38.5 Å². The first kappa shape index (κ1) is 10.1. The number of alkyl halides is 2. The van der Waals surface area contributed by atoms with E-state index in [1.165, 1.54) is 6.20 Å². The van der Waals surface area contributed by atoms with Gasteiger partial charge in [0.15, 0.2) is 0 Å². The molecular weight excluding hydrogens is 172 g/mol. The van der Waals surface area contributed by atoms with Crippen molar-refractivity contribution in [1.82, 2.24) is 4.98 Å². The topological polar surface area (TPSA) is 12.9 Å². The van der Waals surface area contributed by atoms with Crippen molar-refractivity contribution >= 4 is 0 Å². The molecule has 0 unspecified atom stereocenters. The van der Waals surface area contributed by atoms with Crippen LogP contribution in [0.25, 0.3) is 0 Å². The Kier molecular flexibility index (Phi) is 2.64. The molecule has 1 heterocycles. The summed E-state index contributed by atoms with van der Waals surface area (Å²) in [5, 5.41) is 0. The molecule has 0 spiro atoms. The monoisotopic (exact) mass is 185 g/mol. The first-order chi connectivity index (χ1) is 5.93. The summed E-state index contributed by atoms with van der Waals surface area (Å²) in [5.41, 5.74) is 0.236. The summed E-state index contributed by atoms with van der Waals surface area (Å²) in [6.07, 6.45) is -1.09. The molecule has 1 aromatic heterocycles. The van der Waals surface area contributed by atoms with Gasteiger partial charge in [-0.15, -0.1) is 0 Å². The van der Waals surface area contributed by atoms with Crippen molar-refractivity contribution in [3.05, 3.63) is 29.6 Å². The minimum absolute atomic E-state index is 0.102. The van der Waals surface area contributed by atoms with Crippen LogP contribution in [0.3, 0.4) is 0 Å². The number of nitrogens with zero attached hydrogens (tertiary/aromatic N) is 1. The van der Waals surface area contributed by atoms with Gasteiger partial charge in [-0.2, -0.15) is 0 Å². The van der Waals surface area contributed by atoms with E-state index in [4.69, 9.17) is 0 Å². The molecule has 0 saturated carbocycles. The molecule has 1 nitrogen and oxygen atoms in total. The molecule has 72 valence electrons. The van der Waals surface area contributed by atoms with Gasteiger partial charge < -0.3 is 0 Å². The third kappa shape index (κ3) is 2.23. The molecule has 0 N–H and O–H groups in total. The summed E-state index contributed by atoms with van der Waals surface area (Å²) in [6.45, 7) is 5.70. The van der Waals surface area contributed by atoms with Crippen LogP contribution in [-0.2, 0) is 5.41 Å². The lowest BCUT2D eigenvalue weighted by molar-refractivity contribution is 0.143. The first-order valence-corrected chi connectivity index (χ1v) is 4.16. The molecule has 0 aliphatic carbocycles. The zero-order valence-corrected chi connectivity index (χ0v) is 8.01. The van der Waals surface area contributed by atoms with E-state index >= 15 is 0 Å². The van der Waals surface area contributed by atoms with Crippen LogP contribution in [-0.4, -0.2) is 4.98 Å². The Morgan fingerprint density at radius 1 is 1.31 bits per heavy atom. The number of halogens is 2. The van der Waals surface area contributed by atoms with Gasteiger partial charge in [0.05, 0.1) is 0 Å². The normalized spacial score (nSPS) is 12.2. The third-order valence-electron chi connectivity index (χ3n) is 1.85. The second-order valence-corrected chi connectivity index (χ2v) is 3.99. The van der Waals surface area contributed by atoms with Crippen molar-refractivity contribution in [2.45, 2.75) is 32.6 Å². The SMILES string of the molecule is CC(C)(C)c1cccnc1C(F)F. The van der Waals surface area contributed by atoms with Gasteiger partial charge in [0, 0.05) is 6.20 Å². The first-order valence-electron chi connectivity index (χ1n) is 4.16. The number of hydrogen-bond acceptors (Lipinski definition) is 1. The molecule has 0 radical (unpaired) electrons. The van der Waals surface area contributed by atoms with Gasteiger partial charge >= 0.3 is 0 Å². The Morgan fingerprint density at radius 2 is 1.92 bits per heavy atom. The molecule has 0 atom stereocenters. The average Bonchev–Trinajstić information content (AvgIpc) is 2.03. The summed E-state index contributed by atoms with van der Waals surface area (Å²) < 4.78 is 25.0. The molecule has 0 fully saturated rings. The van der Waals surface area contributed by atoms with Gasteiger partial charge in [0.25, 0.3) is 6.43 Å². The summed E-state index contributed by atoms with van der Waals surface area (Å²) >= 11 is 0. The Bertz CT molecular complexity index is 289. The van der Waals surface area contributed by atoms with E-state index in [1.807, 2.05) is 20.8 Å². The molecule has 0 bridgehead atoms. The fourth-order valence-corrected chi connectivity index (χ4v) is 1.23. The van der Waals surface area contributed by atoms with Gasteiger partial charge in [-0.3, -0.25) is 4.98 Å². The van der Waals surface area contributed by atoms with Crippen LogP contribution in [0.15, 0.2) is 18.3 Å². The summed E-state index contributed by atoms with van der Waals surface area (Å²) in [5.74, 6) is 0. The standard InChI is InChI=1S/C10H13F2N/c1-10(2,3)7-5-4-6-13-8(7)9(11)12/h4-6,9H,1-3H3. The van der Waals surface area contributed by atoms with Crippen molar-refractivity contribution in [1.29, 1.82) is 0 Å². The van der Waals surface area contributed by atoms with E-state index in [-0.39, 0.29) is 11.1 Å². The number of pyridine rings is 1. The Balaban J connectivity index is 3.20. The minimum atomic E-state index is -2.49. The van der Waals surface area contributed by atoms with E-state index in [1.54, 1.807) is 12.1 Å². The third-order valence-corrected chi connectivity index (χ3v) is 1.85. The van der Waals surface area contributed by atoms with Crippen molar-refractivity contribution < 1.29 is 8.78 Å². The Morgan fingerprint density at radius 3 is 2.31 bits per heavy atom. The van der Waals surface area contributed by atoms with Crippen LogP contribution in [0, 0.1) is 0 Å². The van der Waals surface area contributed by atoms with Crippen molar-refractivity contribution in [3.8, 4) is 0 Å². The van der Waals surface area contributed by atoms with Gasteiger partial charge in [-0.25, -0.2) is 8.78 Å². The molecule has 0 amide bonds. The molecule has 0 aliphatic rings. The molecule has 0 aromatic carbocycles. The molecule has 13 heavy (non-hydrogen) atoms. The Hall–Kier alpha value is -0.990. The van der Waals surface area contributed by atoms with Crippen LogP contribution in [0.5, 0.6) is 0 Å². The zero-order valence-electron chi connectivity index (χ0n) is 8.01. The predicted octanol–water partition coefficient (Wildman–Crippen LogP) is 3.32. The minimum Gasteiger partial charge on any atom is -0.255 e. The number of rotatable bonds is 1. The van der Waals surface area contributed by atoms with E-state index in [0.29, 0.717) is 5.56 Å². The van der Waals surface area contributed by atoms with Crippen LogP contribution in [0.4, 0.5) is 8.78 Å². The highest BCUT2D eigenvalue weighted by Crippen LogP contribution is 2.29. The van der Waals surface area contributed by atoms with Gasteiger partial charge in [-0.1, -0.05) is 26.8 Å². The van der Waals surface area contributed by atoms with Crippen LogP contribution in [0.2, 0.25) is 0 Å². The lowest BCUT2D eigenvalue weighted by Crippen LogP contribution is -2.15. The van der Waals surface area contributed by atoms with Crippen molar-refractivity contribution in [3.63, 3.8) is 0 Å². The highest BCUT2D eigenvalue weighted by Gasteiger charge is 2.22.